The largest absolute Gasteiger partial charge is 0.478 e. The number of benzene rings is 1. The molecule has 1 aromatic carbocycles. The van der Waals surface area contributed by atoms with Gasteiger partial charge in [0.2, 0.25) is 0 Å². The highest BCUT2D eigenvalue weighted by molar-refractivity contribution is 5.94. The van der Waals surface area contributed by atoms with Crippen LogP contribution in [0.5, 0.6) is 0 Å². The topological polar surface area (TPSA) is 49.3 Å². The van der Waals surface area contributed by atoms with E-state index in [-0.39, 0.29) is 5.54 Å². The van der Waals surface area contributed by atoms with E-state index >= 15 is 0 Å². The zero-order valence-corrected chi connectivity index (χ0v) is 10.6. The maximum absolute atomic E-state index is 11.2. The number of aryl methyl sites for hydroxylation is 1. The average Bonchev–Trinajstić information content (AvgIpc) is 2.99. The van der Waals surface area contributed by atoms with Gasteiger partial charge in [0.25, 0.3) is 0 Å². The highest BCUT2D eigenvalue weighted by Crippen LogP contribution is 2.41. The van der Waals surface area contributed by atoms with E-state index in [1.54, 1.807) is 6.07 Å². The van der Waals surface area contributed by atoms with Gasteiger partial charge in [0, 0.05) is 11.2 Å². The Morgan fingerprint density at radius 3 is 2.59 bits per heavy atom. The number of carbonyl (C=O) groups is 1. The van der Waals surface area contributed by atoms with Gasteiger partial charge in [-0.05, 0) is 57.2 Å². The Labute approximate surface area is 102 Å². The molecule has 3 heteroatoms. The number of anilines is 1. The van der Waals surface area contributed by atoms with Gasteiger partial charge in [-0.15, -0.1) is 0 Å². The number of rotatable bonds is 4. The molecule has 0 aromatic heterocycles. The molecule has 1 aromatic rings. The van der Waals surface area contributed by atoms with Gasteiger partial charge in [-0.3, -0.25) is 0 Å². The summed E-state index contributed by atoms with van der Waals surface area (Å²) in [4.78, 5) is 11.2. The van der Waals surface area contributed by atoms with Crippen molar-refractivity contribution in [1.29, 1.82) is 0 Å². The van der Waals surface area contributed by atoms with Crippen molar-refractivity contribution in [2.45, 2.75) is 39.2 Å². The minimum absolute atomic E-state index is 0.0298. The lowest BCUT2D eigenvalue weighted by atomic mass is 9.97. The molecule has 2 N–H and O–H groups in total. The second-order valence-electron chi connectivity index (χ2n) is 5.48. The van der Waals surface area contributed by atoms with Crippen LogP contribution in [0.4, 0.5) is 5.69 Å². The summed E-state index contributed by atoms with van der Waals surface area (Å²) < 4.78 is 0. The normalized spacial score (nSPS) is 15.7. The highest BCUT2D eigenvalue weighted by Gasteiger charge is 2.38. The van der Waals surface area contributed by atoms with Crippen LogP contribution in [0.25, 0.3) is 0 Å². The second kappa shape index (κ2) is 4.06. The molecule has 0 radical (unpaired) electrons. The smallest absolute Gasteiger partial charge is 0.337 e. The predicted molar refractivity (Wildman–Crippen MR) is 68.6 cm³/mol. The molecule has 0 unspecified atom stereocenters. The number of hydrogen-bond acceptors (Lipinski definition) is 2. The van der Waals surface area contributed by atoms with Crippen LogP contribution in [0.3, 0.4) is 0 Å². The second-order valence-corrected chi connectivity index (χ2v) is 5.48. The van der Waals surface area contributed by atoms with E-state index < -0.39 is 5.97 Å². The monoisotopic (exact) mass is 233 g/mol. The van der Waals surface area contributed by atoms with E-state index in [9.17, 15) is 4.79 Å². The van der Waals surface area contributed by atoms with Crippen molar-refractivity contribution in [3.63, 3.8) is 0 Å². The van der Waals surface area contributed by atoms with E-state index in [1.807, 2.05) is 19.1 Å². The molecule has 0 saturated heterocycles. The zero-order chi connectivity index (χ0) is 12.6. The Balaban J connectivity index is 2.30. The molecule has 0 bridgehead atoms. The molecular formula is C14H19NO2. The van der Waals surface area contributed by atoms with Crippen molar-refractivity contribution in [3.8, 4) is 0 Å². The van der Waals surface area contributed by atoms with Gasteiger partial charge in [-0.25, -0.2) is 4.79 Å². The van der Waals surface area contributed by atoms with Gasteiger partial charge in [-0.2, -0.15) is 0 Å². The Bertz CT molecular complexity index is 448. The fourth-order valence-electron chi connectivity index (χ4n) is 2.20. The van der Waals surface area contributed by atoms with Gasteiger partial charge in [-0.1, -0.05) is 6.07 Å². The minimum atomic E-state index is -0.876. The van der Waals surface area contributed by atoms with Crippen LogP contribution in [0, 0.1) is 12.8 Å². The molecule has 92 valence electrons. The lowest BCUT2D eigenvalue weighted by Crippen LogP contribution is -2.34. The first-order valence-electron chi connectivity index (χ1n) is 6.02. The van der Waals surface area contributed by atoms with Crippen LogP contribution < -0.4 is 5.32 Å². The third kappa shape index (κ3) is 2.60. The number of nitrogens with one attached hydrogen (secondary N) is 1. The molecule has 0 spiro atoms. The molecule has 0 amide bonds. The van der Waals surface area contributed by atoms with E-state index in [4.69, 9.17) is 5.11 Å². The lowest BCUT2D eigenvalue weighted by Gasteiger charge is -2.28. The van der Waals surface area contributed by atoms with E-state index in [0.29, 0.717) is 11.5 Å². The Morgan fingerprint density at radius 1 is 1.41 bits per heavy atom. The molecule has 0 heterocycles. The number of carboxylic acids is 1. The predicted octanol–water partition coefficient (Wildman–Crippen LogP) is 3.29. The molecule has 0 atom stereocenters. The average molecular weight is 233 g/mol. The van der Waals surface area contributed by atoms with Gasteiger partial charge < -0.3 is 10.4 Å². The number of carboxylic acid groups (broad SMARTS) is 1. The van der Waals surface area contributed by atoms with Crippen molar-refractivity contribution < 1.29 is 9.90 Å². The summed E-state index contributed by atoms with van der Waals surface area (Å²) in [6.07, 6.45) is 2.46. The summed E-state index contributed by atoms with van der Waals surface area (Å²) >= 11 is 0. The van der Waals surface area contributed by atoms with Gasteiger partial charge in [0.15, 0.2) is 0 Å². The maximum Gasteiger partial charge on any atom is 0.337 e. The first-order chi connectivity index (χ1) is 7.90. The fraction of sp³-hybridized carbons (Fsp3) is 0.500. The van der Waals surface area contributed by atoms with Crippen LogP contribution in [0.1, 0.15) is 42.6 Å². The Kier molecular flexibility index (Phi) is 2.86. The first-order valence-corrected chi connectivity index (χ1v) is 6.02. The Hall–Kier alpha value is -1.51. The summed E-state index contributed by atoms with van der Waals surface area (Å²) in [6.45, 7) is 6.25. The van der Waals surface area contributed by atoms with Crippen LogP contribution in [0.2, 0.25) is 0 Å². The third-order valence-corrected chi connectivity index (χ3v) is 3.46. The van der Waals surface area contributed by atoms with Crippen molar-refractivity contribution >= 4 is 11.7 Å². The molecule has 1 saturated carbocycles. The minimum Gasteiger partial charge on any atom is -0.478 e. The van der Waals surface area contributed by atoms with Crippen LogP contribution in [-0.4, -0.2) is 16.6 Å². The van der Waals surface area contributed by atoms with Crippen LogP contribution in [-0.2, 0) is 0 Å². The molecule has 3 nitrogen and oxygen atoms in total. The summed E-state index contributed by atoms with van der Waals surface area (Å²) in [6, 6.07) is 5.41. The van der Waals surface area contributed by atoms with Crippen molar-refractivity contribution in [2.75, 3.05) is 5.32 Å². The number of hydrogen-bond donors (Lipinski definition) is 2. The van der Waals surface area contributed by atoms with Gasteiger partial charge in [0.1, 0.15) is 0 Å². The first kappa shape index (κ1) is 12.0. The molecule has 17 heavy (non-hydrogen) atoms. The highest BCUT2D eigenvalue weighted by atomic mass is 16.4. The van der Waals surface area contributed by atoms with Gasteiger partial charge >= 0.3 is 5.97 Å². The quantitative estimate of drug-likeness (QED) is 0.839. The van der Waals surface area contributed by atoms with Crippen molar-refractivity contribution in [3.05, 3.63) is 29.3 Å². The molecule has 0 aliphatic heterocycles. The Morgan fingerprint density at radius 2 is 2.06 bits per heavy atom. The van der Waals surface area contributed by atoms with Crippen molar-refractivity contribution in [1.82, 2.24) is 0 Å². The van der Waals surface area contributed by atoms with E-state index in [1.165, 1.54) is 12.8 Å². The maximum atomic E-state index is 11.2. The van der Waals surface area contributed by atoms with Crippen molar-refractivity contribution in [2.24, 2.45) is 5.92 Å². The molecule has 2 rings (SSSR count). The molecular weight excluding hydrogens is 214 g/mol. The zero-order valence-electron chi connectivity index (χ0n) is 10.6. The number of aromatic carboxylic acids is 1. The summed E-state index contributed by atoms with van der Waals surface area (Å²) in [5.41, 5.74) is 2.13. The third-order valence-electron chi connectivity index (χ3n) is 3.46. The molecule has 1 aliphatic rings. The lowest BCUT2D eigenvalue weighted by molar-refractivity contribution is 0.0698. The van der Waals surface area contributed by atoms with Crippen LogP contribution >= 0.6 is 0 Å². The van der Waals surface area contributed by atoms with E-state index in [2.05, 4.69) is 19.2 Å². The SMILES string of the molecule is Cc1ccc(C(=O)O)c(NC(C)(C)C2CC2)c1. The molecule has 1 fully saturated rings. The molecule has 1 aliphatic carbocycles. The van der Waals surface area contributed by atoms with Crippen LogP contribution in [0.15, 0.2) is 18.2 Å². The fourth-order valence-corrected chi connectivity index (χ4v) is 2.20. The van der Waals surface area contributed by atoms with Gasteiger partial charge in [0.05, 0.1) is 5.56 Å². The summed E-state index contributed by atoms with van der Waals surface area (Å²) in [5, 5.41) is 12.6. The summed E-state index contributed by atoms with van der Waals surface area (Å²) in [5.74, 6) is -0.219. The standard InChI is InChI=1S/C14H19NO2/c1-9-4-7-11(13(16)17)12(8-9)15-14(2,3)10-5-6-10/h4,7-8,10,15H,5-6H2,1-3H3,(H,16,17). The summed E-state index contributed by atoms with van der Waals surface area (Å²) in [7, 11) is 0. The van der Waals surface area contributed by atoms with E-state index in [0.717, 1.165) is 11.3 Å².